The minimum absolute atomic E-state index is 0.489. The number of alkyl halides is 1. The van der Waals surface area contributed by atoms with Gasteiger partial charge in [0, 0.05) is 4.83 Å². The van der Waals surface area contributed by atoms with Crippen molar-refractivity contribution in [3.05, 3.63) is 48.0 Å². The highest BCUT2D eigenvalue weighted by molar-refractivity contribution is 9.09. The van der Waals surface area contributed by atoms with Gasteiger partial charge in [0.2, 0.25) is 0 Å². The molecule has 0 fully saturated rings. The number of benzene rings is 1. The SMILES string of the molecule is C=C(C)CCCC(Br)c1ccccc1. The van der Waals surface area contributed by atoms with Gasteiger partial charge in [0.1, 0.15) is 0 Å². The van der Waals surface area contributed by atoms with Crippen LogP contribution in [0.3, 0.4) is 0 Å². The highest BCUT2D eigenvalue weighted by Gasteiger charge is 2.05. The van der Waals surface area contributed by atoms with Crippen LogP contribution >= 0.6 is 15.9 Å². The first-order chi connectivity index (χ1) is 6.70. The molecular formula is C13H17Br. The molecular weight excluding hydrogens is 236 g/mol. The van der Waals surface area contributed by atoms with Gasteiger partial charge in [0.25, 0.3) is 0 Å². The van der Waals surface area contributed by atoms with Gasteiger partial charge in [-0.3, -0.25) is 0 Å². The van der Waals surface area contributed by atoms with Crippen molar-refractivity contribution in [3.63, 3.8) is 0 Å². The molecule has 0 bridgehead atoms. The summed E-state index contributed by atoms with van der Waals surface area (Å²) in [6.07, 6.45) is 3.52. The smallest absolute Gasteiger partial charge is 0.0395 e. The molecule has 1 aromatic rings. The fraction of sp³-hybridized carbons (Fsp3) is 0.385. The van der Waals surface area contributed by atoms with Gasteiger partial charge in [-0.15, -0.1) is 6.58 Å². The Morgan fingerprint density at radius 1 is 1.36 bits per heavy atom. The lowest BCUT2D eigenvalue weighted by Crippen LogP contribution is -1.89. The molecule has 0 saturated heterocycles. The molecule has 0 aliphatic carbocycles. The van der Waals surface area contributed by atoms with Gasteiger partial charge in [-0.2, -0.15) is 0 Å². The number of hydrogen-bond donors (Lipinski definition) is 0. The van der Waals surface area contributed by atoms with E-state index in [-0.39, 0.29) is 0 Å². The minimum atomic E-state index is 0.489. The van der Waals surface area contributed by atoms with Crippen LogP contribution in [0.5, 0.6) is 0 Å². The lowest BCUT2D eigenvalue weighted by atomic mass is 10.1. The highest BCUT2D eigenvalue weighted by atomic mass is 79.9. The second-order valence-corrected chi connectivity index (χ2v) is 4.83. The number of allylic oxidation sites excluding steroid dienone is 1. The largest absolute Gasteiger partial charge is 0.100 e. The lowest BCUT2D eigenvalue weighted by Gasteiger charge is -2.09. The molecule has 0 N–H and O–H groups in total. The molecule has 1 unspecified atom stereocenters. The van der Waals surface area contributed by atoms with Crippen LogP contribution in [0, 0.1) is 0 Å². The van der Waals surface area contributed by atoms with Crippen molar-refractivity contribution in [2.24, 2.45) is 0 Å². The van der Waals surface area contributed by atoms with Crippen LogP contribution in [-0.4, -0.2) is 0 Å². The third-order valence-electron chi connectivity index (χ3n) is 2.22. The molecule has 0 radical (unpaired) electrons. The van der Waals surface area contributed by atoms with E-state index < -0.39 is 0 Å². The summed E-state index contributed by atoms with van der Waals surface area (Å²) in [6.45, 7) is 6.00. The number of rotatable bonds is 5. The van der Waals surface area contributed by atoms with Gasteiger partial charge in [0.15, 0.2) is 0 Å². The predicted molar refractivity (Wildman–Crippen MR) is 66.8 cm³/mol. The third-order valence-corrected chi connectivity index (χ3v) is 3.21. The van der Waals surface area contributed by atoms with Crippen LogP contribution in [0.2, 0.25) is 0 Å². The number of hydrogen-bond acceptors (Lipinski definition) is 0. The summed E-state index contributed by atoms with van der Waals surface area (Å²) in [5, 5.41) is 0. The van der Waals surface area contributed by atoms with Crippen LogP contribution in [-0.2, 0) is 0 Å². The van der Waals surface area contributed by atoms with Gasteiger partial charge in [-0.05, 0) is 31.7 Å². The normalized spacial score (nSPS) is 12.4. The Balaban J connectivity index is 2.36. The Bertz CT molecular complexity index is 277. The number of halogens is 1. The average Bonchev–Trinajstić information content (AvgIpc) is 2.18. The maximum absolute atomic E-state index is 3.91. The first-order valence-corrected chi connectivity index (χ1v) is 5.95. The van der Waals surface area contributed by atoms with Crippen molar-refractivity contribution in [1.29, 1.82) is 0 Å². The van der Waals surface area contributed by atoms with Crippen molar-refractivity contribution in [1.82, 2.24) is 0 Å². The van der Waals surface area contributed by atoms with Crippen molar-refractivity contribution in [2.75, 3.05) is 0 Å². The van der Waals surface area contributed by atoms with Crippen LogP contribution in [0.15, 0.2) is 42.5 Å². The summed E-state index contributed by atoms with van der Waals surface area (Å²) >= 11 is 3.71. The van der Waals surface area contributed by atoms with Gasteiger partial charge < -0.3 is 0 Å². The van der Waals surface area contributed by atoms with E-state index in [1.807, 2.05) is 0 Å². The maximum Gasteiger partial charge on any atom is 0.0395 e. The van der Waals surface area contributed by atoms with Crippen LogP contribution in [0.25, 0.3) is 0 Å². The fourth-order valence-electron chi connectivity index (χ4n) is 1.41. The zero-order valence-corrected chi connectivity index (χ0v) is 10.3. The van der Waals surface area contributed by atoms with E-state index in [0.717, 1.165) is 6.42 Å². The molecule has 1 rings (SSSR count). The first-order valence-electron chi connectivity index (χ1n) is 5.03. The minimum Gasteiger partial charge on any atom is -0.100 e. The topological polar surface area (TPSA) is 0 Å². The molecule has 1 atom stereocenters. The van der Waals surface area contributed by atoms with Crippen LogP contribution in [0.4, 0.5) is 0 Å². The molecule has 1 heteroatoms. The van der Waals surface area contributed by atoms with E-state index in [4.69, 9.17) is 0 Å². The molecule has 0 heterocycles. The Kier molecular flexibility index (Phi) is 4.95. The van der Waals surface area contributed by atoms with Gasteiger partial charge in [-0.1, -0.05) is 51.8 Å². The predicted octanol–water partition coefficient (Wildman–Crippen LogP) is 4.87. The van der Waals surface area contributed by atoms with Crippen molar-refractivity contribution >= 4 is 15.9 Å². The first kappa shape index (κ1) is 11.5. The molecule has 0 amide bonds. The Hall–Kier alpha value is -0.560. The molecule has 76 valence electrons. The van der Waals surface area contributed by atoms with Crippen LogP contribution < -0.4 is 0 Å². The lowest BCUT2D eigenvalue weighted by molar-refractivity contribution is 0.726. The molecule has 0 saturated carbocycles. The van der Waals surface area contributed by atoms with E-state index >= 15 is 0 Å². The zero-order valence-electron chi connectivity index (χ0n) is 8.67. The zero-order chi connectivity index (χ0) is 10.4. The monoisotopic (exact) mass is 252 g/mol. The highest BCUT2D eigenvalue weighted by Crippen LogP contribution is 2.28. The summed E-state index contributed by atoms with van der Waals surface area (Å²) in [6, 6.07) is 10.6. The van der Waals surface area contributed by atoms with Gasteiger partial charge >= 0.3 is 0 Å². The second-order valence-electron chi connectivity index (χ2n) is 3.73. The van der Waals surface area contributed by atoms with Gasteiger partial charge in [-0.25, -0.2) is 0 Å². The van der Waals surface area contributed by atoms with E-state index in [1.165, 1.54) is 24.0 Å². The quantitative estimate of drug-likeness (QED) is 0.518. The summed E-state index contributed by atoms with van der Waals surface area (Å²) in [7, 11) is 0. The Morgan fingerprint density at radius 3 is 2.57 bits per heavy atom. The molecule has 0 spiro atoms. The van der Waals surface area contributed by atoms with Crippen molar-refractivity contribution in [3.8, 4) is 0 Å². The van der Waals surface area contributed by atoms with E-state index in [9.17, 15) is 0 Å². The van der Waals surface area contributed by atoms with Crippen molar-refractivity contribution < 1.29 is 0 Å². The molecule has 0 aromatic heterocycles. The van der Waals surface area contributed by atoms with E-state index in [2.05, 4.69) is 59.8 Å². The molecule has 0 nitrogen and oxygen atoms in total. The summed E-state index contributed by atoms with van der Waals surface area (Å²) in [4.78, 5) is 0.489. The molecule has 0 aliphatic rings. The maximum atomic E-state index is 3.91. The molecule has 1 aromatic carbocycles. The van der Waals surface area contributed by atoms with E-state index in [0.29, 0.717) is 4.83 Å². The van der Waals surface area contributed by atoms with Gasteiger partial charge in [0.05, 0.1) is 0 Å². The fourth-order valence-corrected chi connectivity index (χ4v) is 2.04. The van der Waals surface area contributed by atoms with Crippen molar-refractivity contribution in [2.45, 2.75) is 31.0 Å². The van der Waals surface area contributed by atoms with E-state index in [1.54, 1.807) is 0 Å². The summed E-state index contributed by atoms with van der Waals surface area (Å²) in [5.41, 5.74) is 2.65. The standard InChI is InChI=1S/C13H17Br/c1-11(2)7-6-10-13(14)12-8-4-3-5-9-12/h3-5,8-9,13H,1,6-7,10H2,2H3. The Morgan fingerprint density at radius 2 is 2.00 bits per heavy atom. The van der Waals surface area contributed by atoms with Crippen LogP contribution in [0.1, 0.15) is 36.6 Å². The second kappa shape index (κ2) is 6.02. The summed E-state index contributed by atoms with van der Waals surface area (Å²) in [5.74, 6) is 0. The Labute approximate surface area is 95.2 Å². The average molecular weight is 253 g/mol. The summed E-state index contributed by atoms with van der Waals surface area (Å²) < 4.78 is 0. The third kappa shape index (κ3) is 4.10. The molecule has 0 aliphatic heterocycles. The molecule has 14 heavy (non-hydrogen) atoms.